The van der Waals surface area contributed by atoms with E-state index in [0.717, 1.165) is 24.3 Å². The van der Waals surface area contributed by atoms with Crippen molar-refractivity contribution < 1.29 is 14.3 Å². The molecule has 2 saturated carbocycles. The fourth-order valence-corrected chi connectivity index (χ4v) is 4.08. The second-order valence-electron chi connectivity index (χ2n) is 7.55. The molecule has 3 rings (SSSR count). The third-order valence-corrected chi connectivity index (χ3v) is 6.26. The van der Waals surface area contributed by atoms with Gasteiger partial charge in [0.05, 0.1) is 7.11 Å². The zero-order chi connectivity index (χ0) is 17.4. The van der Waals surface area contributed by atoms with Gasteiger partial charge in [-0.15, -0.1) is 0 Å². The van der Waals surface area contributed by atoms with E-state index in [1.807, 2.05) is 0 Å². The van der Waals surface area contributed by atoms with Gasteiger partial charge < -0.3 is 9.47 Å². The van der Waals surface area contributed by atoms with Gasteiger partial charge in [-0.2, -0.15) is 5.10 Å². The normalized spacial score (nSPS) is 28.8. The Morgan fingerprint density at radius 1 is 1.25 bits per heavy atom. The van der Waals surface area contributed by atoms with E-state index in [1.165, 1.54) is 6.42 Å². The molecule has 1 N–H and O–H groups in total. The first-order valence-electron chi connectivity index (χ1n) is 8.49. The summed E-state index contributed by atoms with van der Waals surface area (Å²) in [6.07, 6.45) is 3.40. The molecule has 5 heteroatoms. The van der Waals surface area contributed by atoms with Gasteiger partial charge in [0, 0.05) is 11.1 Å². The minimum atomic E-state index is -0.234. The lowest BCUT2D eigenvalue weighted by Crippen LogP contribution is -2.35. The Kier molecular flexibility index (Phi) is 4.28. The quantitative estimate of drug-likeness (QED) is 0.842. The van der Waals surface area contributed by atoms with Crippen LogP contribution in [0.4, 0.5) is 0 Å². The number of hydrogen-bond donors (Lipinski definition) is 1. The van der Waals surface area contributed by atoms with Gasteiger partial charge in [0.15, 0.2) is 6.61 Å². The number of nitrogens with zero attached hydrogens (tertiary/aromatic N) is 1. The maximum Gasteiger partial charge on any atom is 0.277 e. The second kappa shape index (κ2) is 6.11. The number of methoxy groups -OCH3 is 1. The topological polar surface area (TPSA) is 59.9 Å². The molecule has 2 unspecified atom stereocenters. The lowest BCUT2D eigenvalue weighted by molar-refractivity contribution is -0.123. The van der Waals surface area contributed by atoms with Crippen molar-refractivity contribution in [1.82, 2.24) is 5.43 Å². The van der Waals surface area contributed by atoms with Crippen molar-refractivity contribution >= 4 is 11.6 Å². The van der Waals surface area contributed by atoms with Crippen molar-refractivity contribution in [3.8, 4) is 11.5 Å². The van der Waals surface area contributed by atoms with E-state index < -0.39 is 0 Å². The molecule has 0 heterocycles. The van der Waals surface area contributed by atoms with E-state index in [1.54, 1.807) is 31.4 Å². The van der Waals surface area contributed by atoms with Gasteiger partial charge in [-0.3, -0.25) is 4.79 Å². The van der Waals surface area contributed by atoms with Crippen LogP contribution in [0, 0.1) is 16.7 Å². The fraction of sp³-hybridized carbons (Fsp3) is 0.579. The molecule has 0 spiro atoms. The van der Waals surface area contributed by atoms with Crippen molar-refractivity contribution in [3.63, 3.8) is 0 Å². The highest BCUT2D eigenvalue weighted by Gasteiger charge is 2.59. The Balaban J connectivity index is 1.54. The number of carbonyl (C=O) groups is 1. The number of ether oxygens (including phenoxy) is 2. The molecular weight excluding hydrogens is 304 g/mol. The average molecular weight is 330 g/mol. The Hall–Kier alpha value is -2.04. The molecule has 2 atom stereocenters. The Labute approximate surface area is 143 Å². The minimum absolute atomic E-state index is 0.0490. The van der Waals surface area contributed by atoms with Crippen LogP contribution in [-0.2, 0) is 4.79 Å². The largest absolute Gasteiger partial charge is 0.497 e. The number of hydrogen-bond acceptors (Lipinski definition) is 4. The number of rotatable bonds is 5. The molecule has 0 aromatic heterocycles. The lowest BCUT2D eigenvalue weighted by Gasteiger charge is -2.34. The predicted molar refractivity (Wildman–Crippen MR) is 93.3 cm³/mol. The maximum absolute atomic E-state index is 12.0. The fourth-order valence-electron chi connectivity index (χ4n) is 4.08. The molecule has 2 fully saturated rings. The molecule has 2 aliphatic carbocycles. The van der Waals surface area contributed by atoms with Crippen LogP contribution in [0.5, 0.6) is 11.5 Å². The standard InChI is InChI=1S/C19H26N2O3/c1-18(2)13-9-10-19(18,3)16(11-13)20-21-17(22)12-24-15-7-5-14(23-4)6-8-15/h5-8,13H,9-12H2,1-4H3,(H,21,22). The summed E-state index contributed by atoms with van der Waals surface area (Å²) in [4.78, 5) is 12.0. The zero-order valence-corrected chi connectivity index (χ0v) is 14.9. The number of carbonyl (C=O) groups excluding carboxylic acids is 1. The molecule has 0 radical (unpaired) electrons. The van der Waals surface area contributed by atoms with E-state index in [9.17, 15) is 4.79 Å². The minimum Gasteiger partial charge on any atom is -0.497 e. The third-order valence-electron chi connectivity index (χ3n) is 6.26. The van der Waals surface area contributed by atoms with Crippen LogP contribution in [0.15, 0.2) is 29.4 Å². The summed E-state index contributed by atoms with van der Waals surface area (Å²) in [5.41, 5.74) is 4.15. The van der Waals surface area contributed by atoms with E-state index in [2.05, 4.69) is 31.3 Å². The van der Waals surface area contributed by atoms with Gasteiger partial charge in [-0.25, -0.2) is 5.43 Å². The van der Waals surface area contributed by atoms with Crippen molar-refractivity contribution in [2.75, 3.05) is 13.7 Å². The van der Waals surface area contributed by atoms with Crippen LogP contribution in [-0.4, -0.2) is 25.3 Å². The average Bonchev–Trinajstić information content (AvgIpc) is 2.91. The molecule has 1 aromatic rings. The van der Waals surface area contributed by atoms with Gasteiger partial charge in [-0.05, 0) is 54.9 Å². The summed E-state index contributed by atoms with van der Waals surface area (Å²) < 4.78 is 10.6. The second-order valence-corrected chi connectivity index (χ2v) is 7.55. The van der Waals surface area contributed by atoms with E-state index in [-0.39, 0.29) is 23.3 Å². The lowest BCUT2D eigenvalue weighted by atomic mass is 9.70. The van der Waals surface area contributed by atoms with E-state index in [0.29, 0.717) is 11.7 Å². The smallest absolute Gasteiger partial charge is 0.277 e. The number of fused-ring (bicyclic) bond motifs is 2. The Bertz CT molecular complexity index is 651. The van der Waals surface area contributed by atoms with Crippen molar-refractivity contribution in [3.05, 3.63) is 24.3 Å². The van der Waals surface area contributed by atoms with Gasteiger partial charge in [-0.1, -0.05) is 20.8 Å². The molecule has 130 valence electrons. The molecule has 0 saturated heterocycles. The first-order chi connectivity index (χ1) is 11.4. The van der Waals surface area contributed by atoms with Crippen LogP contribution >= 0.6 is 0 Å². The first-order valence-corrected chi connectivity index (χ1v) is 8.49. The summed E-state index contributed by atoms with van der Waals surface area (Å²) in [7, 11) is 1.61. The highest BCUT2D eigenvalue weighted by Crippen LogP contribution is 2.63. The SMILES string of the molecule is COc1ccc(OCC(=O)NN=C2CC3CCC2(C)C3(C)C)cc1. The molecular formula is C19H26N2O3. The number of nitrogens with one attached hydrogen (secondary N) is 1. The summed E-state index contributed by atoms with van der Waals surface area (Å²) >= 11 is 0. The molecule has 0 aliphatic heterocycles. The predicted octanol–water partition coefficient (Wildman–Crippen LogP) is 3.39. The Morgan fingerprint density at radius 3 is 2.46 bits per heavy atom. The van der Waals surface area contributed by atoms with E-state index in [4.69, 9.17) is 9.47 Å². The van der Waals surface area contributed by atoms with Crippen LogP contribution in [0.2, 0.25) is 0 Å². The summed E-state index contributed by atoms with van der Waals surface area (Å²) in [6.45, 7) is 6.87. The molecule has 1 aromatic carbocycles. The van der Waals surface area contributed by atoms with Crippen molar-refractivity contribution in [2.45, 2.75) is 40.0 Å². The van der Waals surface area contributed by atoms with Gasteiger partial charge >= 0.3 is 0 Å². The van der Waals surface area contributed by atoms with Crippen LogP contribution in [0.25, 0.3) is 0 Å². The summed E-state index contributed by atoms with van der Waals surface area (Å²) in [5.74, 6) is 1.83. The zero-order valence-electron chi connectivity index (χ0n) is 14.9. The molecule has 5 nitrogen and oxygen atoms in total. The van der Waals surface area contributed by atoms with Crippen molar-refractivity contribution in [1.29, 1.82) is 0 Å². The van der Waals surface area contributed by atoms with Crippen LogP contribution in [0.1, 0.15) is 40.0 Å². The monoisotopic (exact) mass is 330 g/mol. The van der Waals surface area contributed by atoms with Crippen LogP contribution in [0.3, 0.4) is 0 Å². The molecule has 2 aliphatic rings. The maximum atomic E-state index is 12.0. The molecule has 1 amide bonds. The van der Waals surface area contributed by atoms with Gasteiger partial charge in [0.1, 0.15) is 11.5 Å². The Morgan fingerprint density at radius 2 is 1.92 bits per heavy atom. The first kappa shape index (κ1) is 16.8. The highest BCUT2D eigenvalue weighted by molar-refractivity contribution is 5.95. The summed E-state index contributed by atoms with van der Waals surface area (Å²) in [6, 6.07) is 7.15. The third kappa shape index (κ3) is 2.76. The number of amides is 1. The van der Waals surface area contributed by atoms with Crippen LogP contribution < -0.4 is 14.9 Å². The van der Waals surface area contributed by atoms with Gasteiger partial charge in [0.2, 0.25) is 0 Å². The van der Waals surface area contributed by atoms with Crippen molar-refractivity contribution in [2.24, 2.45) is 21.8 Å². The number of hydrazone groups is 1. The molecule has 24 heavy (non-hydrogen) atoms. The molecule has 2 bridgehead atoms. The van der Waals surface area contributed by atoms with Gasteiger partial charge in [0.25, 0.3) is 5.91 Å². The highest BCUT2D eigenvalue weighted by atomic mass is 16.5. The van der Waals surface area contributed by atoms with E-state index >= 15 is 0 Å². The number of benzene rings is 1. The summed E-state index contributed by atoms with van der Waals surface area (Å²) in [5, 5.41) is 4.43.